The lowest BCUT2D eigenvalue weighted by molar-refractivity contribution is -0.117. The van der Waals surface area contributed by atoms with Gasteiger partial charge in [-0.05, 0) is 13.0 Å². The summed E-state index contributed by atoms with van der Waals surface area (Å²) in [5.41, 5.74) is 2.82. The van der Waals surface area contributed by atoms with Crippen LogP contribution in [0, 0.1) is 0 Å². The predicted octanol–water partition coefficient (Wildman–Crippen LogP) is -1.10. The molecular formula is C6H11N3O. The Labute approximate surface area is 59.4 Å². The van der Waals surface area contributed by atoms with Gasteiger partial charge in [-0.2, -0.15) is 0 Å². The molecule has 1 aliphatic heterocycles. The van der Waals surface area contributed by atoms with Gasteiger partial charge in [0, 0.05) is 12.1 Å². The minimum Gasteiger partial charge on any atom is -0.312 e. The summed E-state index contributed by atoms with van der Waals surface area (Å²) in [6, 6.07) is 0. The second-order valence-electron chi connectivity index (χ2n) is 2.17. The number of carbonyl (C=O) groups is 1. The molecule has 1 heterocycles. The highest BCUT2D eigenvalue weighted by Gasteiger charge is 2.08. The molecule has 0 aromatic heterocycles. The van der Waals surface area contributed by atoms with Crippen LogP contribution < -0.4 is 16.6 Å². The van der Waals surface area contributed by atoms with E-state index in [4.69, 9.17) is 5.84 Å². The second-order valence-corrected chi connectivity index (χ2v) is 2.17. The summed E-state index contributed by atoms with van der Waals surface area (Å²) >= 11 is 0. The van der Waals surface area contributed by atoms with Crippen LogP contribution in [-0.2, 0) is 4.79 Å². The van der Waals surface area contributed by atoms with E-state index in [2.05, 4.69) is 10.7 Å². The summed E-state index contributed by atoms with van der Waals surface area (Å²) < 4.78 is 0. The fourth-order valence-corrected chi connectivity index (χ4v) is 0.909. The van der Waals surface area contributed by atoms with Crippen LogP contribution >= 0.6 is 0 Å². The number of carbonyl (C=O) groups excluding carboxylic acids is 1. The smallest absolute Gasteiger partial charge is 0.262 e. The molecule has 4 nitrogen and oxygen atoms in total. The third-order valence-corrected chi connectivity index (χ3v) is 1.45. The predicted molar refractivity (Wildman–Crippen MR) is 37.9 cm³/mol. The van der Waals surface area contributed by atoms with Crippen LogP contribution in [0.2, 0.25) is 0 Å². The summed E-state index contributed by atoms with van der Waals surface area (Å²) in [5.74, 6) is 4.75. The molecule has 0 fully saturated rings. The van der Waals surface area contributed by atoms with Crippen molar-refractivity contribution in [1.82, 2.24) is 10.7 Å². The minimum absolute atomic E-state index is 0.188. The highest BCUT2D eigenvalue weighted by Crippen LogP contribution is 1.99. The largest absolute Gasteiger partial charge is 0.312 e. The van der Waals surface area contributed by atoms with Gasteiger partial charge in [-0.1, -0.05) is 6.08 Å². The van der Waals surface area contributed by atoms with Crippen molar-refractivity contribution in [3.05, 3.63) is 11.6 Å². The Hall–Kier alpha value is -0.870. The Kier molecular flexibility index (Phi) is 2.42. The van der Waals surface area contributed by atoms with Gasteiger partial charge in [0.25, 0.3) is 5.91 Å². The zero-order valence-electron chi connectivity index (χ0n) is 5.68. The van der Waals surface area contributed by atoms with E-state index in [9.17, 15) is 4.79 Å². The fourth-order valence-electron chi connectivity index (χ4n) is 0.909. The molecule has 4 heteroatoms. The fraction of sp³-hybridized carbons (Fsp3) is 0.500. The summed E-state index contributed by atoms with van der Waals surface area (Å²) in [5, 5.41) is 3.07. The van der Waals surface area contributed by atoms with Gasteiger partial charge in [0.15, 0.2) is 0 Å². The van der Waals surface area contributed by atoms with Crippen molar-refractivity contribution in [3.8, 4) is 0 Å². The molecule has 0 spiro atoms. The first-order valence-corrected chi connectivity index (χ1v) is 3.25. The molecule has 1 amide bonds. The first-order valence-electron chi connectivity index (χ1n) is 3.25. The average molecular weight is 141 g/mol. The minimum atomic E-state index is -0.188. The van der Waals surface area contributed by atoms with Crippen molar-refractivity contribution in [2.75, 3.05) is 13.1 Å². The molecule has 0 saturated carbocycles. The standard InChI is InChI=1S/C6H11N3O/c7-9-6(10)5-2-1-3-8-4-5/h2,8H,1,3-4,7H2,(H,9,10). The first-order chi connectivity index (χ1) is 4.84. The number of hydrogen-bond donors (Lipinski definition) is 3. The SMILES string of the molecule is NNC(=O)C1=CCCNC1. The third kappa shape index (κ3) is 1.55. The molecule has 0 aromatic carbocycles. The highest BCUT2D eigenvalue weighted by molar-refractivity contribution is 5.93. The molecule has 56 valence electrons. The van der Waals surface area contributed by atoms with Gasteiger partial charge in [-0.15, -0.1) is 0 Å². The van der Waals surface area contributed by atoms with Crippen LogP contribution in [0.5, 0.6) is 0 Å². The van der Waals surface area contributed by atoms with Crippen LogP contribution in [0.3, 0.4) is 0 Å². The summed E-state index contributed by atoms with van der Waals surface area (Å²) in [7, 11) is 0. The summed E-state index contributed by atoms with van der Waals surface area (Å²) in [4.78, 5) is 10.8. The van der Waals surface area contributed by atoms with Crippen molar-refractivity contribution in [2.45, 2.75) is 6.42 Å². The van der Waals surface area contributed by atoms with Gasteiger partial charge < -0.3 is 5.32 Å². The average Bonchev–Trinajstić information content (AvgIpc) is 2.05. The van der Waals surface area contributed by atoms with E-state index in [1.807, 2.05) is 6.08 Å². The molecule has 0 saturated heterocycles. The van der Waals surface area contributed by atoms with Crippen LogP contribution in [0.1, 0.15) is 6.42 Å². The lowest BCUT2D eigenvalue weighted by atomic mass is 10.1. The lowest BCUT2D eigenvalue weighted by Gasteiger charge is -2.11. The van der Waals surface area contributed by atoms with E-state index >= 15 is 0 Å². The molecule has 0 aromatic rings. The van der Waals surface area contributed by atoms with Crippen molar-refractivity contribution in [1.29, 1.82) is 0 Å². The van der Waals surface area contributed by atoms with E-state index in [1.54, 1.807) is 0 Å². The molecule has 0 bridgehead atoms. The third-order valence-electron chi connectivity index (χ3n) is 1.45. The van der Waals surface area contributed by atoms with Crippen LogP contribution in [-0.4, -0.2) is 19.0 Å². The molecule has 0 radical (unpaired) electrons. The molecule has 10 heavy (non-hydrogen) atoms. The van der Waals surface area contributed by atoms with Gasteiger partial charge in [-0.3, -0.25) is 10.2 Å². The van der Waals surface area contributed by atoms with Gasteiger partial charge in [-0.25, -0.2) is 5.84 Å². The summed E-state index contributed by atoms with van der Waals surface area (Å²) in [6.07, 6.45) is 2.81. The van der Waals surface area contributed by atoms with Crippen LogP contribution in [0.4, 0.5) is 0 Å². The second kappa shape index (κ2) is 3.34. The monoisotopic (exact) mass is 141 g/mol. The number of rotatable bonds is 1. The van der Waals surface area contributed by atoms with Crippen LogP contribution in [0.15, 0.2) is 11.6 Å². The normalized spacial score (nSPS) is 17.9. The molecule has 0 unspecified atom stereocenters. The van der Waals surface area contributed by atoms with Crippen molar-refractivity contribution in [2.24, 2.45) is 5.84 Å². The molecule has 1 rings (SSSR count). The number of nitrogens with one attached hydrogen (secondary N) is 2. The van der Waals surface area contributed by atoms with E-state index < -0.39 is 0 Å². The zero-order chi connectivity index (χ0) is 7.40. The summed E-state index contributed by atoms with van der Waals surface area (Å²) in [6.45, 7) is 1.57. The number of hydrazine groups is 1. The van der Waals surface area contributed by atoms with E-state index in [0.29, 0.717) is 6.54 Å². The maximum absolute atomic E-state index is 10.8. The van der Waals surface area contributed by atoms with E-state index in [0.717, 1.165) is 18.5 Å². The van der Waals surface area contributed by atoms with E-state index in [-0.39, 0.29) is 5.91 Å². The van der Waals surface area contributed by atoms with Crippen molar-refractivity contribution >= 4 is 5.91 Å². The van der Waals surface area contributed by atoms with Gasteiger partial charge in [0.1, 0.15) is 0 Å². The molecule has 4 N–H and O–H groups in total. The Bertz CT molecular complexity index is 164. The Morgan fingerprint density at radius 2 is 2.60 bits per heavy atom. The number of amides is 1. The van der Waals surface area contributed by atoms with Gasteiger partial charge in [0.05, 0.1) is 0 Å². The Balaban J connectivity index is 2.53. The van der Waals surface area contributed by atoms with E-state index in [1.165, 1.54) is 0 Å². The Morgan fingerprint density at radius 1 is 1.80 bits per heavy atom. The van der Waals surface area contributed by atoms with Gasteiger partial charge in [0.2, 0.25) is 0 Å². The Morgan fingerprint density at radius 3 is 3.10 bits per heavy atom. The molecule has 1 aliphatic rings. The molecule has 0 atom stereocenters. The van der Waals surface area contributed by atoms with Crippen LogP contribution in [0.25, 0.3) is 0 Å². The first kappa shape index (κ1) is 7.24. The number of nitrogens with two attached hydrogens (primary N) is 1. The highest BCUT2D eigenvalue weighted by atomic mass is 16.2. The maximum atomic E-state index is 10.8. The number of hydrogen-bond acceptors (Lipinski definition) is 3. The zero-order valence-corrected chi connectivity index (χ0v) is 5.68. The maximum Gasteiger partial charge on any atom is 0.262 e. The quantitative estimate of drug-likeness (QED) is 0.246. The van der Waals surface area contributed by atoms with Crippen molar-refractivity contribution < 1.29 is 4.79 Å². The lowest BCUT2D eigenvalue weighted by Crippen LogP contribution is -2.36. The molecule has 0 aliphatic carbocycles. The topological polar surface area (TPSA) is 67.1 Å². The molecular weight excluding hydrogens is 130 g/mol. The van der Waals surface area contributed by atoms with Crippen molar-refractivity contribution in [3.63, 3.8) is 0 Å². The van der Waals surface area contributed by atoms with Gasteiger partial charge >= 0.3 is 0 Å².